The number of nitro benzene ring substituents is 1. The number of ether oxygens (including phenoxy) is 1. The van der Waals surface area contributed by atoms with Crippen LogP contribution in [-0.4, -0.2) is 22.9 Å². The summed E-state index contributed by atoms with van der Waals surface area (Å²) >= 11 is 0. The third-order valence-electron chi connectivity index (χ3n) is 4.27. The first-order chi connectivity index (χ1) is 11.5. The van der Waals surface area contributed by atoms with Gasteiger partial charge in [-0.05, 0) is 25.3 Å². The van der Waals surface area contributed by atoms with Gasteiger partial charge in [0.25, 0.3) is 11.6 Å². The van der Waals surface area contributed by atoms with E-state index in [2.05, 4.69) is 5.32 Å². The van der Waals surface area contributed by atoms with Crippen molar-refractivity contribution in [1.82, 2.24) is 0 Å². The summed E-state index contributed by atoms with van der Waals surface area (Å²) in [5, 5.41) is 13.4. The molecule has 1 aliphatic carbocycles. The Morgan fingerprint density at radius 2 is 2.00 bits per heavy atom. The second-order valence-electron chi connectivity index (χ2n) is 6.08. The topological polar surface area (TPSA) is 98.5 Å². The van der Waals surface area contributed by atoms with E-state index in [-0.39, 0.29) is 11.4 Å². The van der Waals surface area contributed by atoms with Gasteiger partial charge in [-0.3, -0.25) is 19.7 Å². The van der Waals surface area contributed by atoms with Gasteiger partial charge in [0.2, 0.25) is 0 Å². The summed E-state index contributed by atoms with van der Waals surface area (Å²) in [6, 6.07) is 5.83. The van der Waals surface area contributed by atoms with Gasteiger partial charge >= 0.3 is 5.97 Å². The molecule has 2 rings (SSSR count). The van der Waals surface area contributed by atoms with Crippen molar-refractivity contribution in [2.75, 3.05) is 5.32 Å². The molecule has 0 heterocycles. The van der Waals surface area contributed by atoms with Crippen LogP contribution in [0.4, 0.5) is 11.4 Å². The Morgan fingerprint density at radius 1 is 1.33 bits per heavy atom. The van der Waals surface area contributed by atoms with Crippen LogP contribution in [0.5, 0.6) is 0 Å². The van der Waals surface area contributed by atoms with Crippen molar-refractivity contribution in [2.45, 2.75) is 51.6 Å². The van der Waals surface area contributed by atoms with Crippen LogP contribution >= 0.6 is 0 Å². The minimum Gasteiger partial charge on any atom is -0.453 e. The Labute approximate surface area is 140 Å². The number of rotatable bonds is 7. The Bertz CT molecular complexity index is 611. The summed E-state index contributed by atoms with van der Waals surface area (Å²) in [5.74, 6) is -0.417. The number of nitrogens with one attached hydrogen (secondary N) is 1. The number of amides is 1. The molecule has 0 spiro atoms. The zero-order chi connectivity index (χ0) is 17.5. The van der Waals surface area contributed by atoms with Gasteiger partial charge in [0.15, 0.2) is 6.10 Å². The molecule has 1 aliphatic rings. The molecule has 1 N–H and O–H groups in total. The number of benzene rings is 1. The number of anilines is 1. The van der Waals surface area contributed by atoms with Gasteiger partial charge in [0, 0.05) is 12.5 Å². The monoisotopic (exact) mass is 334 g/mol. The first-order valence-electron chi connectivity index (χ1n) is 8.21. The fraction of sp³-hybridized carbons (Fsp3) is 0.529. The Kier molecular flexibility index (Phi) is 6.28. The van der Waals surface area contributed by atoms with Crippen LogP contribution < -0.4 is 5.32 Å². The van der Waals surface area contributed by atoms with Crippen molar-refractivity contribution >= 4 is 23.3 Å². The van der Waals surface area contributed by atoms with Gasteiger partial charge < -0.3 is 10.1 Å². The molecule has 1 saturated carbocycles. The molecular weight excluding hydrogens is 312 g/mol. The molecule has 0 unspecified atom stereocenters. The number of hydrogen-bond donors (Lipinski definition) is 1. The average molecular weight is 334 g/mol. The van der Waals surface area contributed by atoms with Crippen LogP contribution in [0, 0.1) is 16.0 Å². The molecule has 7 nitrogen and oxygen atoms in total. The molecular formula is C17H22N2O5. The lowest BCUT2D eigenvalue weighted by molar-refractivity contribution is -0.383. The Balaban J connectivity index is 1.83. The van der Waals surface area contributed by atoms with E-state index in [1.54, 1.807) is 6.07 Å². The minimum absolute atomic E-state index is 0.0846. The second-order valence-corrected chi connectivity index (χ2v) is 6.08. The number of nitro groups is 1. The van der Waals surface area contributed by atoms with Crippen molar-refractivity contribution < 1.29 is 19.2 Å². The van der Waals surface area contributed by atoms with Gasteiger partial charge in [-0.25, -0.2) is 0 Å². The molecule has 24 heavy (non-hydrogen) atoms. The number of esters is 1. The van der Waals surface area contributed by atoms with E-state index < -0.39 is 22.9 Å². The van der Waals surface area contributed by atoms with E-state index in [0.29, 0.717) is 12.3 Å². The number of nitrogens with zero attached hydrogens (tertiary/aromatic N) is 1. The predicted molar refractivity (Wildman–Crippen MR) is 88.5 cm³/mol. The summed E-state index contributed by atoms with van der Waals surface area (Å²) in [5.41, 5.74) is -0.119. The Hall–Kier alpha value is -2.44. The molecule has 0 aromatic heterocycles. The molecule has 1 atom stereocenters. The van der Waals surface area contributed by atoms with Crippen molar-refractivity contribution in [1.29, 1.82) is 0 Å². The lowest BCUT2D eigenvalue weighted by atomic mass is 10.0. The van der Waals surface area contributed by atoms with Gasteiger partial charge in [-0.1, -0.05) is 37.8 Å². The highest BCUT2D eigenvalue weighted by Crippen LogP contribution is 2.28. The third kappa shape index (κ3) is 5.04. The third-order valence-corrected chi connectivity index (χ3v) is 4.27. The first-order valence-corrected chi connectivity index (χ1v) is 8.21. The first kappa shape index (κ1) is 17.9. The standard InChI is InChI=1S/C17H22N2O5/c1-12(24-16(20)11-10-13-6-2-3-7-13)17(21)18-14-8-4-5-9-15(14)19(22)23/h4-5,8-9,12-13H,2-3,6-7,10-11H2,1H3,(H,18,21)/t12-/m0/s1. The highest BCUT2D eigenvalue weighted by Gasteiger charge is 2.22. The van der Waals surface area contributed by atoms with E-state index in [1.165, 1.54) is 38.0 Å². The zero-order valence-electron chi connectivity index (χ0n) is 13.7. The van der Waals surface area contributed by atoms with Gasteiger partial charge in [-0.2, -0.15) is 0 Å². The largest absolute Gasteiger partial charge is 0.453 e. The molecule has 130 valence electrons. The molecule has 1 aromatic carbocycles. The van der Waals surface area contributed by atoms with E-state index in [9.17, 15) is 19.7 Å². The van der Waals surface area contributed by atoms with Gasteiger partial charge in [0.05, 0.1) is 4.92 Å². The molecule has 1 aromatic rings. The number of para-hydroxylation sites is 2. The maximum Gasteiger partial charge on any atom is 0.306 e. The van der Waals surface area contributed by atoms with Crippen LogP contribution in [0.15, 0.2) is 24.3 Å². The van der Waals surface area contributed by atoms with Crippen molar-refractivity contribution in [2.24, 2.45) is 5.92 Å². The summed E-state index contributed by atoms with van der Waals surface area (Å²) in [6.07, 6.45) is 4.83. The van der Waals surface area contributed by atoms with Gasteiger partial charge in [0.1, 0.15) is 5.69 Å². The smallest absolute Gasteiger partial charge is 0.306 e. The summed E-state index contributed by atoms with van der Waals surface area (Å²) in [7, 11) is 0. The highest BCUT2D eigenvalue weighted by atomic mass is 16.6. The van der Waals surface area contributed by atoms with Crippen LogP contribution in [-0.2, 0) is 14.3 Å². The van der Waals surface area contributed by atoms with E-state index >= 15 is 0 Å². The summed E-state index contributed by atoms with van der Waals surface area (Å²) in [6.45, 7) is 1.46. The number of carbonyl (C=O) groups is 2. The molecule has 0 bridgehead atoms. The maximum absolute atomic E-state index is 12.1. The van der Waals surface area contributed by atoms with Crippen LogP contribution in [0.25, 0.3) is 0 Å². The molecule has 7 heteroatoms. The van der Waals surface area contributed by atoms with Crippen molar-refractivity contribution in [3.8, 4) is 0 Å². The normalized spacial score (nSPS) is 15.7. The maximum atomic E-state index is 12.1. The molecule has 1 amide bonds. The molecule has 0 radical (unpaired) electrons. The van der Waals surface area contributed by atoms with Crippen molar-refractivity contribution in [3.63, 3.8) is 0 Å². The van der Waals surface area contributed by atoms with E-state index in [4.69, 9.17) is 4.74 Å². The lowest BCUT2D eigenvalue weighted by Crippen LogP contribution is -2.30. The predicted octanol–water partition coefficient (Wildman–Crippen LogP) is 3.44. The van der Waals surface area contributed by atoms with E-state index in [0.717, 1.165) is 19.3 Å². The lowest BCUT2D eigenvalue weighted by Gasteiger charge is -2.14. The molecule has 0 saturated heterocycles. The molecule has 1 fully saturated rings. The van der Waals surface area contributed by atoms with E-state index in [1.807, 2.05) is 0 Å². The SMILES string of the molecule is C[C@H](OC(=O)CCC1CCCC1)C(=O)Nc1ccccc1[N+](=O)[O-]. The fourth-order valence-corrected chi connectivity index (χ4v) is 2.90. The Morgan fingerprint density at radius 3 is 2.67 bits per heavy atom. The van der Waals surface area contributed by atoms with Crippen LogP contribution in [0.1, 0.15) is 45.4 Å². The average Bonchev–Trinajstić information content (AvgIpc) is 3.06. The number of hydrogen-bond acceptors (Lipinski definition) is 5. The number of carbonyl (C=O) groups excluding carboxylic acids is 2. The van der Waals surface area contributed by atoms with Crippen LogP contribution in [0.3, 0.4) is 0 Å². The summed E-state index contributed by atoms with van der Waals surface area (Å²) < 4.78 is 5.12. The zero-order valence-corrected chi connectivity index (χ0v) is 13.7. The quantitative estimate of drug-likeness (QED) is 0.468. The molecule has 0 aliphatic heterocycles. The van der Waals surface area contributed by atoms with Crippen LogP contribution in [0.2, 0.25) is 0 Å². The van der Waals surface area contributed by atoms with Crippen molar-refractivity contribution in [3.05, 3.63) is 34.4 Å². The fourth-order valence-electron chi connectivity index (χ4n) is 2.90. The van der Waals surface area contributed by atoms with Gasteiger partial charge in [-0.15, -0.1) is 0 Å². The summed E-state index contributed by atoms with van der Waals surface area (Å²) in [4.78, 5) is 34.3. The highest BCUT2D eigenvalue weighted by molar-refractivity contribution is 5.96. The minimum atomic E-state index is -0.999. The second kappa shape index (κ2) is 8.42.